The minimum Gasteiger partial charge on any atom is -0.383 e. The first-order valence-corrected chi connectivity index (χ1v) is 9.71. The highest BCUT2D eigenvalue weighted by Gasteiger charge is 2.24. The summed E-state index contributed by atoms with van der Waals surface area (Å²) in [4.78, 5) is 12.2. The highest BCUT2D eigenvalue weighted by atomic mass is 32.2. The Bertz CT molecular complexity index is 661. The van der Waals surface area contributed by atoms with E-state index in [4.69, 9.17) is 15.2 Å². The minimum atomic E-state index is -3.70. The van der Waals surface area contributed by atoms with Crippen molar-refractivity contribution in [2.45, 2.75) is 24.3 Å². The lowest BCUT2D eigenvalue weighted by atomic mass is 10.1. The zero-order chi connectivity index (χ0) is 19.8. The molecule has 9 heteroatoms. The van der Waals surface area contributed by atoms with E-state index in [9.17, 15) is 13.2 Å². The number of benzene rings is 1. The van der Waals surface area contributed by atoms with Crippen molar-refractivity contribution in [1.82, 2.24) is 9.62 Å². The lowest BCUT2D eigenvalue weighted by Crippen LogP contribution is -2.45. The molecular formula is C17H29N3O5S. The molecule has 0 aromatic heterocycles. The molecule has 0 heterocycles. The molecule has 3 N–H and O–H groups in total. The third-order valence-electron chi connectivity index (χ3n) is 3.55. The van der Waals surface area contributed by atoms with Crippen LogP contribution in [0.5, 0.6) is 0 Å². The lowest BCUT2D eigenvalue weighted by Gasteiger charge is -2.22. The number of rotatable bonds is 11. The number of sulfonamides is 1. The molecule has 0 atom stereocenters. The van der Waals surface area contributed by atoms with Crippen LogP contribution in [0, 0.1) is 0 Å². The first-order valence-electron chi connectivity index (χ1n) is 8.27. The van der Waals surface area contributed by atoms with Gasteiger partial charge in [-0.3, -0.25) is 4.79 Å². The third-order valence-corrected chi connectivity index (χ3v) is 5.46. The summed E-state index contributed by atoms with van der Waals surface area (Å²) >= 11 is 0. The Morgan fingerprint density at radius 1 is 1.12 bits per heavy atom. The number of carbonyl (C=O) groups is 1. The van der Waals surface area contributed by atoms with Gasteiger partial charge in [-0.05, 0) is 38.1 Å². The molecular weight excluding hydrogens is 358 g/mol. The van der Waals surface area contributed by atoms with E-state index in [1.54, 1.807) is 13.8 Å². The summed E-state index contributed by atoms with van der Waals surface area (Å²) in [5.74, 6) is -0.303. The fraction of sp³-hybridized carbons (Fsp3) is 0.588. The normalized spacial score (nSPS) is 12.4. The molecule has 0 aliphatic rings. The monoisotopic (exact) mass is 387 g/mol. The van der Waals surface area contributed by atoms with Crippen molar-refractivity contribution in [3.63, 3.8) is 0 Å². The number of ether oxygens (including phenoxy) is 2. The van der Waals surface area contributed by atoms with Gasteiger partial charge in [-0.2, -0.15) is 4.31 Å². The molecule has 1 amide bonds. The van der Waals surface area contributed by atoms with E-state index in [0.717, 1.165) is 0 Å². The predicted molar refractivity (Wildman–Crippen MR) is 99.6 cm³/mol. The molecule has 8 nitrogen and oxygen atoms in total. The molecule has 0 aliphatic carbocycles. The number of methoxy groups -OCH3 is 2. The number of nitrogens with two attached hydrogens (primary N) is 1. The van der Waals surface area contributed by atoms with Gasteiger partial charge in [0, 0.05) is 45.0 Å². The van der Waals surface area contributed by atoms with Crippen LogP contribution in [-0.4, -0.2) is 71.2 Å². The Morgan fingerprint density at radius 3 is 2.04 bits per heavy atom. The second kappa shape index (κ2) is 9.98. The van der Waals surface area contributed by atoms with Gasteiger partial charge in [0.1, 0.15) is 0 Å². The molecule has 0 saturated carbocycles. The summed E-state index contributed by atoms with van der Waals surface area (Å²) < 4.78 is 36.8. The largest absolute Gasteiger partial charge is 0.383 e. The Hall–Kier alpha value is -1.52. The standard InChI is InChI=1S/C17H29N3O5S/c1-17(2,18)13-19-16(21)14-5-7-15(8-6-14)26(22,23)20(9-11-24-3)10-12-25-4/h5-8H,9-13,18H2,1-4H3,(H,19,21). The van der Waals surface area contributed by atoms with Gasteiger partial charge in [-0.15, -0.1) is 0 Å². The van der Waals surface area contributed by atoms with E-state index >= 15 is 0 Å². The van der Waals surface area contributed by atoms with E-state index in [2.05, 4.69) is 5.32 Å². The van der Waals surface area contributed by atoms with Gasteiger partial charge >= 0.3 is 0 Å². The summed E-state index contributed by atoms with van der Waals surface area (Å²) in [7, 11) is -0.680. The van der Waals surface area contributed by atoms with Gasteiger partial charge in [-0.25, -0.2) is 8.42 Å². The van der Waals surface area contributed by atoms with Crippen molar-refractivity contribution in [3.05, 3.63) is 29.8 Å². The van der Waals surface area contributed by atoms with Crippen LogP contribution in [0.3, 0.4) is 0 Å². The number of amides is 1. The number of hydrogen-bond acceptors (Lipinski definition) is 6. The quantitative estimate of drug-likeness (QED) is 0.570. The summed E-state index contributed by atoms with van der Waals surface area (Å²) in [6, 6.07) is 5.81. The lowest BCUT2D eigenvalue weighted by molar-refractivity contribution is 0.0946. The molecule has 1 aromatic rings. The van der Waals surface area contributed by atoms with Crippen LogP contribution in [0.1, 0.15) is 24.2 Å². The molecule has 0 fully saturated rings. The molecule has 0 aliphatic heterocycles. The molecule has 0 radical (unpaired) electrons. The molecule has 0 spiro atoms. The van der Waals surface area contributed by atoms with E-state index in [0.29, 0.717) is 12.1 Å². The van der Waals surface area contributed by atoms with Gasteiger partial charge in [0.15, 0.2) is 0 Å². The maximum absolute atomic E-state index is 12.8. The molecule has 0 saturated heterocycles. The minimum absolute atomic E-state index is 0.111. The maximum Gasteiger partial charge on any atom is 0.251 e. The third kappa shape index (κ3) is 7.00. The van der Waals surface area contributed by atoms with Crippen LogP contribution in [0.4, 0.5) is 0 Å². The smallest absolute Gasteiger partial charge is 0.251 e. The Balaban J connectivity index is 2.91. The summed E-state index contributed by atoms with van der Waals surface area (Å²) in [5.41, 5.74) is 5.68. The first kappa shape index (κ1) is 22.5. The van der Waals surface area contributed by atoms with Crippen LogP contribution in [0.15, 0.2) is 29.2 Å². The van der Waals surface area contributed by atoms with Crippen molar-refractivity contribution in [2.75, 3.05) is 47.1 Å². The van der Waals surface area contributed by atoms with Crippen molar-refractivity contribution < 1.29 is 22.7 Å². The maximum atomic E-state index is 12.8. The van der Waals surface area contributed by atoms with Crippen LogP contribution < -0.4 is 11.1 Å². The number of nitrogens with one attached hydrogen (secondary N) is 1. The van der Waals surface area contributed by atoms with Crippen LogP contribution in [0.2, 0.25) is 0 Å². The van der Waals surface area contributed by atoms with E-state index in [-0.39, 0.29) is 37.1 Å². The van der Waals surface area contributed by atoms with E-state index in [1.165, 1.54) is 42.8 Å². The fourth-order valence-electron chi connectivity index (χ4n) is 2.08. The molecule has 0 bridgehead atoms. The van der Waals surface area contributed by atoms with Crippen LogP contribution >= 0.6 is 0 Å². The molecule has 0 unspecified atom stereocenters. The summed E-state index contributed by atoms with van der Waals surface area (Å²) in [5, 5.41) is 2.72. The van der Waals surface area contributed by atoms with Crippen molar-refractivity contribution >= 4 is 15.9 Å². The molecule has 1 rings (SSSR count). The van der Waals surface area contributed by atoms with Crippen molar-refractivity contribution in [3.8, 4) is 0 Å². The zero-order valence-electron chi connectivity index (χ0n) is 15.8. The molecule has 148 valence electrons. The van der Waals surface area contributed by atoms with Gasteiger partial charge in [0.05, 0.1) is 18.1 Å². The van der Waals surface area contributed by atoms with Crippen molar-refractivity contribution in [2.24, 2.45) is 5.73 Å². The average Bonchev–Trinajstić information content (AvgIpc) is 2.59. The highest BCUT2D eigenvalue weighted by molar-refractivity contribution is 7.89. The Morgan fingerprint density at radius 2 is 1.62 bits per heavy atom. The molecule has 26 heavy (non-hydrogen) atoms. The first-order chi connectivity index (χ1) is 12.1. The topological polar surface area (TPSA) is 111 Å². The van der Waals surface area contributed by atoms with Gasteiger partial charge in [0.2, 0.25) is 10.0 Å². The van der Waals surface area contributed by atoms with E-state index in [1.807, 2.05) is 0 Å². The number of hydrogen-bond donors (Lipinski definition) is 2. The highest BCUT2D eigenvalue weighted by Crippen LogP contribution is 2.16. The second-order valence-corrected chi connectivity index (χ2v) is 8.52. The Labute approximate surface area is 155 Å². The van der Waals surface area contributed by atoms with E-state index < -0.39 is 15.6 Å². The Kier molecular flexibility index (Phi) is 8.65. The average molecular weight is 388 g/mol. The summed E-state index contributed by atoms with van der Waals surface area (Å²) in [6.07, 6.45) is 0. The SMILES string of the molecule is COCCN(CCOC)S(=O)(=O)c1ccc(C(=O)NCC(C)(C)N)cc1. The van der Waals surface area contributed by atoms with Gasteiger partial charge < -0.3 is 20.5 Å². The van der Waals surface area contributed by atoms with Crippen LogP contribution in [-0.2, 0) is 19.5 Å². The zero-order valence-corrected chi connectivity index (χ0v) is 16.6. The predicted octanol–water partition coefficient (Wildman–Crippen LogP) is 0.437. The second-order valence-electron chi connectivity index (χ2n) is 6.59. The fourth-order valence-corrected chi connectivity index (χ4v) is 3.48. The van der Waals surface area contributed by atoms with Gasteiger partial charge in [-0.1, -0.05) is 0 Å². The van der Waals surface area contributed by atoms with Crippen molar-refractivity contribution in [1.29, 1.82) is 0 Å². The summed E-state index contributed by atoms with van der Waals surface area (Å²) in [6.45, 7) is 4.91. The molecule has 1 aromatic carbocycles. The number of nitrogens with zero attached hydrogens (tertiary/aromatic N) is 1. The number of carbonyl (C=O) groups excluding carboxylic acids is 1. The van der Waals surface area contributed by atoms with Gasteiger partial charge in [0.25, 0.3) is 5.91 Å². The van der Waals surface area contributed by atoms with Crippen LogP contribution in [0.25, 0.3) is 0 Å².